The normalized spacial score (nSPS) is 11.7. The second-order valence-corrected chi connectivity index (χ2v) is 15.9. The molecule has 322 valence electrons. The van der Waals surface area contributed by atoms with Crippen molar-refractivity contribution in [1.29, 1.82) is 5.26 Å². The van der Waals surface area contributed by atoms with Gasteiger partial charge in [-0.2, -0.15) is 18.4 Å². The van der Waals surface area contributed by atoms with Gasteiger partial charge in [-0.25, -0.2) is 39.9 Å². The van der Waals surface area contributed by atoms with E-state index in [4.69, 9.17) is 0 Å². The summed E-state index contributed by atoms with van der Waals surface area (Å²) < 4.78 is 50.1. The molecule has 0 atom stereocenters. The highest BCUT2D eigenvalue weighted by atomic mass is 19.4. The minimum absolute atomic E-state index is 0.0849. The first-order chi connectivity index (χ1) is 33.3. The van der Waals surface area contributed by atoms with E-state index in [0.29, 0.717) is 79.0 Å². The first kappa shape index (κ1) is 40.1. The molecule has 12 rings (SSSR count). The van der Waals surface area contributed by atoms with Gasteiger partial charge in [0.1, 0.15) is 6.07 Å². The number of hydrogen-bond donors (Lipinski definition) is 0. The maximum absolute atomic E-state index is 15.4. The fourth-order valence-electron chi connectivity index (χ4n) is 9.12. The maximum atomic E-state index is 15.4. The molecule has 12 aromatic rings. The molecule has 6 heterocycles. The van der Waals surface area contributed by atoms with Gasteiger partial charge < -0.3 is 9.13 Å². The van der Waals surface area contributed by atoms with Crippen LogP contribution >= 0.6 is 0 Å². The van der Waals surface area contributed by atoms with Gasteiger partial charge in [0.05, 0.1) is 44.6 Å². The fourth-order valence-corrected chi connectivity index (χ4v) is 9.12. The number of fused-ring (bicyclic) bond motifs is 6. The molecule has 0 bridgehead atoms. The third kappa shape index (κ3) is 6.68. The molecule has 6 aromatic heterocycles. The van der Waals surface area contributed by atoms with Crippen molar-refractivity contribution in [2.24, 2.45) is 0 Å². The Morgan fingerprint density at radius 1 is 0.382 bits per heavy atom. The Hall–Kier alpha value is -9.48. The predicted octanol–water partition coefficient (Wildman–Crippen LogP) is 12.3. The molecular weight excluding hydrogens is 860 g/mol. The van der Waals surface area contributed by atoms with Crippen LogP contribution in [0.4, 0.5) is 13.2 Å². The Balaban J connectivity index is 1.23. The molecule has 0 aliphatic carbocycles. The van der Waals surface area contributed by atoms with Crippen LogP contribution in [0.5, 0.6) is 0 Å². The topological polar surface area (TPSA) is 137 Å². The first-order valence-electron chi connectivity index (χ1n) is 21.3. The summed E-state index contributed by atoms with van der Waals surface area (Å²) in [4.78, 5) is 36.1. The predicted molar refractivity (Wildman–Crippen MR) is 254 cm³/mol. The van der Waals surface area contributed by atoms with E-state index in [1.165, 1.54) is 12.1 Å². The van der Waals surface area contributed by atoms with Crippen LogP contribution in [0.3, 0.4) is 0 Å². The molecule has 0 N–H and O–H groups in total. The van der Waals surface area contributed by atoms with Gasteiger partial charge in [0.15, 0.2) is 23.3 Å². The Labute approximate surface area is 384 Å². The highest BCUT2D eigenvalue weighted by molar-refractivity contribution is 6.13. The summed E-state index contributed by atoms with van der Waals surface area (Å²) in [6, 6.07) is 41.6. The average Bonchev–Trinajstić information content (AvgIpc) is 3.90. The zero-order valence-corrected chi connectivity index (χ0v) is 35.4. The monoisotopic (exact) mass is 889 g/mol. The van der Waals surface area contributed by atoms with Crippen LogP contribution in [0.2, 0.25) is 0 Å². The molecule has 0 unspecified atom stereocenters. The van der Waals surface area contributed by atoms with E-state index in [1.54, 1.807) is 92.0 Å². The number of nitriles is 1. The van der Waals surface area contributed by atoms with E-state index in [-0.39, 0.29) is 16.7 Å². The standard InChI is InChI=1S/C54H30F3N11/c55-54(56,57)43-8-2-1-7-37(43)42-30-44(67-45-25-32(50-59-17-3-18-60-50)9-13-38(45)39-14-10-33(26-46(39)67)51-61-19-4-20-62-51)36(31-58)29-49(42)68-47-27-34(52-63-21-5-22-64-52)11-15-40(47)41-16-12-35(28-48(41)68)53-65-23-6-24-66-53/h1-30H. The van der Waals surface area contributed by atoms with Crippen molar-refractivity contribution in [3.05, 3.63) is 194 Å². The van der Waals surface area contributed by atoms with Gasteiger partial charge in [-0.15, -0.1) is 0 Å². The van der Waals surface area contributed by atoms with Crippen molar-refractivity contribution in [3.63, 3.8) is 0 Å². The molecular formula is C54H30F3N11. The van der Waals surface area contributed by atoms with Crippen molar-refractivity contribution in [3.8, 4) is 74.1 Å². The molecule has 68 heavy (non-hydrogen) atoms. The molecule has 0 spiro atoms. The highest BCUT2D eigenvalue weighted by Crippen LogP contribution is 2.45. The smallest absolute Gasteiger partial charge is 0.309 e. The van der Waals surface area contributed by atoms with E-state index in [0.717, 1.165) is 27.6 Å². The lowest BCUT2D eigenvalue weighted by atomic mass is 9.95. The molecule has 0 saturated heterocycles. The molecule has 11 nitrogen and oxygen atoms in total. The number of alkyl halides is 3. The van der Waals surface area contributed by atoms with E-state index in [2.05, 4.69) is 45.9 Å². The zero-order chi connectivity index (χ0) is 45.9. The van der Waals surface area contributed by atoms with E-state index in [1.807, 2.05) is 81.9 Å². The molecule has 0 radical (unpaired) electrons. The third-order valence-electron chi connectivity index (χ3n) is 12.1. The van der Waals surface area contributed by atoms with Crippen molar-refractivity contribution < 1.29 is 13.2 Å². The van der Waals surface area contributed by atoms with Crippen LogP contribution in [0.15, 0.2) is 183 Å². The number of hydrogen-bond acceptors (Lipinski definition) is 9. The van der Waals surface area contributed by atoms with Crippen LogP contribution in [-0.2, 0) is 6.18 Å². The number of nitrogens with zero attached hydrogens (tertiary/aromatic N) is 11. The van der Waals surface area contributed by atoms with Crippen LogP contribution in [0.1, 0.15) is 11.1 Å². The van der Waals surface area contributed by atoms with Crippen molar-refractivity contribution in [2.45, 2.75) is 6.18 Å². The lowest BCUT2D eigenvalue weighted by Crippen LogP contribution is -2.09. The second kappa shape index (κ2) is 15.9. The maximum Gasteiger partial charge on any atom is 0.417 e. The van der Waals surface area contributed by atoms with Gasteiger partial charge in [-0.1, -0.05) is 66.7 Å². The van der Waals surface area contributed by atoms with Crippen molar-refractivity contribution in [1.82, 2.24) is 49.0 Å². The van der Waals surface area contributed by atoms with Crippen molar-refractivity contribution >= 4 is 43.6 Å². The lowest BCUT2D eigenvalue weighted by Gasteiger charge is -2.21. The summed E-state index contributed by atoms with van der Waals surface area (Å²) in [6.45, 7) is 0. The Morgan fingerprint density at radius 2 is 0.735 bits per heavy atom. The Bertz CT molecular complexity index is 3770. The number of benzene rings is 6. The number of halogens is 3. The third-order valence-corrected chi connectivity index (χ3v) is 12.1. The number of rotatable bonds is 7. The van der Waals surface area contributed by atoms with Crippen molar-refractivity contribution in [2.75, 3.05) is 0 Å². The van der Waals surface area contributed by atoms with Gasteiger partial charge in [0.2, 0.25) is 0 Å². The average molecular weight is 890 g/mol. The largest absolute Gasteiger partial charge is 0.417 e. The highest BCUT2D eigenvalue weighted by Gasteiger charge is 2.35. The molecule has 0 aliphatic rings. The van der Waals surface area contributed by atoms with Crippen LogP contribution < -0.4 is 0 Å². The zero-order valence-electron chi connectivity index (χ0n) is 35.4. The van der Waals surface area contributed by atoms with E-state index >= 15 is 13.2 Å². The quantitative estimate of drug-likeness (QED) is 0.153. The first-order valence-corrected chi connectivity index (χ1v) is 21.3. The summed E-state index contributed by atoms with van der Waals surface area (Å²) in [5.41, 5.74) is 5.57. The SMILES string of the molecule is N#Cc1cc(-n2c3cc(-c4ncccn4)ccc3c3ccc(-c4ncccn4)cc32)c(-c2ccccc2C(F)(F)F)cc1-n1c2cc(-c3ncccn3)ccc2c2ccc(-c3ncccn3)cc21. The summed E-state index contributed by atoms with van der Waals surface area (Å²) in [7, 11) is 0. The van der Waals surface area contributed by atoms with Crippen LogP contribution in [-0.4, -0.2) is 49.0 Å². The molecule has 6 aromatic carbocycles. The van der Waals surface area contributed by atoms with E-state index in [9.17, 15) is 5.26 Å². The van der Waals surface area contributed by atoms with Gasteiger partial charge in [0.25, 0.3) is 0 Å². The summed E-state index contributed by atoms with van der Waals surface area (Å²) in [5, 5.41) is 14.7. The molecule has 0 fully saturated rings. The summed E-state index contributed by atoms with van der Waals surface area (Å²) in [5.74, 6) is 1.89. The second-order valence-electron chi connectivity index (χ2n) is 15.9. The Kier molecular flexibility index (Phi) is 9.36. The Morgan fingerprint density at radius 3 is 1.09 bits per heavy atom. The number of aromatic nitrogens is 10. The molecule has 0 aliphatic heterocycles. The van der Waals surface area contributed by atoms with Gasteiger partial charge in [-0.05, 0) is 72.3 Å². The van der Waals surface area contributed by atoms with Gasteiger partial charge >= 0.3 is 6.18 Å². The van der Waals surface area contributed by atoms with Gasteiger partial charge in [-0.3, -0.25) is 0 Å². The molecule has 0 amide bonds. The van der Waals surface area contributed by atoms with Crippen LogP contribution in [0, 0.1) is 11.3 Å². The fraction of sp³-hybridized carbons (Fsp3) is 0.0185. The summed E-state index contributed by atoms with van der Waals surface area (Å²) in [6.07, 6.45) is 8.49. The minimum Gasteiger partial charge on any atom is -0.309 e. The molecule has 14 heteroatoms. The minimum atomic E-state index is -4.75. The van der Waals surface area contributed by atoms with Crippen LogP contribution in [0.25, 0.3) is 112 Å². The lowest BCUT2D eigenvalue weighted by molar-refractivity contribution is -0.137. The summed E-state index contributed by atoms with van der Waals surface area (Å²) >= 11 is 0. The van der Waals surface area contributed by atoms with E-state index < -0.39 is 11.7 Å². The van der Waals surface area contributed by atoms with Gasteiger partial charge in [0, 0.05) is 98.9 Å². The molecule has 0 saturated carbocycles.